The Balaban J connectivity index is 2.89. The highest BCUT2D eigenvalue weighted by Crippen LogP contribution is 2.27. The van der Waals surface area contributed by atoms with Crippen molar-refractivity contribution >= 4 is 15.9 Å². The molecule has 1 aromatic rings. The third-order valence-corrected chi connectivity index (χ3v) is 2.88. The summed E-state index contributed by atoms with van der Waals surface area (Å²) in [4.78, 5) is 0. The lowest BCUT2D eigenvalue weighted by atomic mass is 10.1. The van der Waals surface area contributed by atoms with Gasteiger partial charge in [0.05, 0.1) is 11.6 Å². The quantitative estimate of drug-likeness (QED) is 0.863. The number of nitrogens with one attached hydrogen (secondary N) is 1. The van der Waals surface area contributed by atoms with E-state index in [0.717, 1.165) is 16.8 Å². The predicted molar refractivity (Wildman–Crippen MR) is 66.2 cm³/mol. The Hall–Kier alpha value is -0.580. The van der Waals surface area contributed by atoms with Gasteiger partial charge in [0, 0.05) is 12.6 Å². The first kappa shape index (κ1) is 12.5. The first-order valence-electron chi connectivity index (χ1n) is 4.99. The standard InChI is InChI=1S/C11H17BrN2O/c1-3-14-10(7-13)8-4-5-11(15-2)9(12)6-8/h4-6,10,14H,3,7,13H2,1-2H3. The van der Waals surface area contributed by atoms with Crippen LogP contribution in [0, 0.1) is 0 Å². The minimum Gasteiger partial charge on any atom is -0.496 e. The van der Waals surface area contributed by atoms with Crippen molar-refractivity contribution in [1.29, 1.82) is 0 Å². The van der Waals surface area contributed by atoms with Crippen molar-refractivity contribution in [2.75, 3.05) is 20.2 Å². The van der Waals surface area contributed by atoms with E-state index in [1.54, 1.807) is 7.11 Å². The summed E-state index contributed by atoms with van der Waals surface area (Å²) < 4.78 is 6.13. The van der Waals surface area contributed by atoms with Gasteiger partial charge >= 0.3 is 0 Å². The Bertz CT molecular complexity index is 317. The highest BCUT2D eigenvalue weighted by Gasteiger charge is 2.09. The monoisotopic (exact) mass is 272 g/mol. The van der Waals surface area contributed by atoms with Crippen LogP contribution >= 0.6 is 15.9 Å². The van der Waals surface area contributed by atoms with Crippen LogP contribution in [0.25, 0.3) is 0 Å². The van der Waals surface area contributed by atoms with E-state index < -0.39 is 0 Å². The fraction of sp³-hybridized carbons (Fsp3) is 0.455. The Morgan fingerprint density at radius 2 is 2.27 bits per heavy atom. The molecule has 84 valence electrons. The van der Waals surface area contributed by atoms with Crippen LogP contribution in [-0.2, 0) is 0 Å². The van der Waals surface area contributed by atoms with E-state index in [-0.39, 0.29) is 6.04 Å². The van der Waals surface area contributed by atoms with Gasteiger partial charge in [0.15, 0.2) is 0 Å². The predicted octanol–water partition coefficient (Wildman–Crippen LogP) is 2.07. The number of nitrogens with two attached hydrogens (primary N) is 1. The molecule has 0 saturated carbocycles. The Morgan fingerprint density at radius 1 is 1.53 bits per heavy atom. The molecule has 1 atom stereocenters. The average Bonchev–Trinajstić information content (AvgIpc) is 2.25. The van der Waals surface area contributed by atoms with Crippen LogP contribution in [0.15, 0.2) is 22.7 Å². The molecule has 0 heterocycles. The molecule has 1 unspecified atom stereocenters. The van der Waals surface area contributed by atoms with Gasteiger partial charge in [0.2, 0.25) is 0 Å². The van der Waals surface area contributed by atoms with E-state index in [1.807, 2.05) is 18.2 Å². The fourth-order valence-electron chi connectivity index (χ4n) is 1.48. The number of hydrogen-bond acceptors (Lipinski definition) is 3. The van der Waals surface area contributed by atoms with Gasteiger partial charge in [-0.3, -0.25) is 0 Å². The molecule has 0 amide bonds. The van der Waals surface area contributed by atoms with Crippen molar-refractivity contribution in [3.05, 3.63) is 28.2 Å². The molecule has 0 aromatic heterocycles. The molecule has 1 aromatic carbocycles. The van der Waals surface area contributed by atoms with Crippen LogP contribution in [-0.4, -0.2) is 20.2 Å². The molecule has 3 nitrogen and oxygen atoms in total. The van der Waals surface area contributed by atoms with Gasteiger partial charge in [-0.2, -0.15) is 0 Å². The van der Waals surface area contributed by atoms with Gasteiger partial charge in [-0.05, 0) is 40.2 Å². The fourth-order valence-corrected chi connectivity index (χ4v) is 2.04. The molecule has 4 heteroatoms. The van der Waals surface area contributed by atoms with Crippen LogP contribution in [0.1, 0.15) is 18.5 Å². The van der Waals surface area contributed by atoms with Gasteiger partial charge in [-0.25, -0.2) is 0 Å². The second-order valence-corrected chi connectivity index (χ2v) is 4.09. The molecule has 0 radical (unpaired) electrons. The average molecular weight is 273 g/mol. The molecular weight excluding hydrogens is 256 g/mol. The van der Waals surface area contributed by atoms with Crippen LogP contribution in [0.2, 0.25) is 0 Å². The molecule has 1 rings (SSSR count). The maximum atomic E-state index is 5.70. The summed E-state index contributed by atoms with van der Waals surface area (Å²) in [5.74, 6) is 0.839. The van der Waals surface area contributed by atoms with Crippen molar-refractivity contribution in [3.8, 4) is 5.75 Å². The first-order valence-corrected chi connectivity index (χ1v) is 5.79. The molecule has 0 fully saturated rings. The van der Waals surface area contributed by atoms with Gasteiger partial charge in [-0.1, -0.05) is 13.0 Å². The number of halogens is 1. The third kappa shape index (κ3) is 3.19. The zero-order valence-electron chi connectivity index (χ0n) is 9.09. The maximum absolute atomic E-state index is 5.70. The zero-order chi connectivity index (χ0) is 11.3. The van der Waals surface area contributed by atoms with Crippen LogP contribution in [0.3, 0.4) is 0 Å². The van der Waals surface area contributed by atoms with E-state index in [0.29, 0.717) is 6.54 Å². The van der Waals surface area contributed by atoms with E-state index >= 15 is 0 Å². The summed E-state index contributed by atoms with van der Waals surface area (Å²) in [7, 11) is 1.66. The summed E-state index contributed by atoms with van der Waals surface area (Å²) in [5, 5.41) is 3.33. The van der Waals surface area contributed by atoms with Crippen molar-refractivity contribution in [2.45, 2.75) is 13.0 Å². The lowest BCUT2D eigenvalue weighted by Crippen LogP contribution is -2.27. The summed E-state index contributed by atoms with van der Waals surface area (Å²) in [6.45, 7) is 3.57. The molecular formula is C11H17BrN2O. The largest absolute Gasteiger partial charge is 0.496 e. The molecule has 0 aliphatic carbocycles. The number of benzene rings is 1. The number of ether oxygens (including phenoxy) is 1. The highest BCUT2D eigenvalue weighted by atomic mass is 79.9. The van der Waals surface area contributed by atoms with Crippen molar-refractivity contribution in [2.24, 2.45) is 5.73 Å². The molecule has 0 aliphatic heterocycles. The Kier molecular flexibility index (Phi) is 5.08. The molecule has 15 heavy (non-hydrogen) atoms. The van der Waals surface area contributed by atoms with E-state index in [2.05, 4.69) is 28.2 Å². The summed E-state index contributed by atoms with van der Waals surface area (Å²) in [6, 6.07) is 6.22. The smallest absolute Gasteiger partial charge is 0.133 e. The number of hydrogen-bond donors (Lipinski definition) is 2. The molecule has 3 N–H and O–H groups in total. The van der Waals surface area contributed by atoms with E-state index in [1.165, 1.54) is 5.56 Å². The van der Waals surface area contributed by atoms with E-state index in [9.17, 15) is 0 Å². The number of rotatable bonds is 5. The summed E-state index contributed by atoms with van der Waals surface area (Å²) in [6.07, 6.45) is 0. The van der Waals surface area contributed by atoms with Crippen molar-refractivity contribution < 1.29 is 4.74 Å². The highest BCUT2D eigenvalue weighted by molar-refractivity contribution is 9.10. The normalized spacial score (nSPS) is 12.5. The van der Waals surface area contributed by atoms with Crippen LogP contribution in [0.4, 0.5) is 0 Å². The second kappa shape index (κ2) is 6.10. The minimum atomic E-state index is 0.206. The van der Waals surface area contributed by atoms with Crippen LogP contribution in [0.5, 0.6) is 5.75 Å². The lowest BCUT2D eigenvalue weighted by Gasteiger charge is -2.17. The minimum absolute atomic E-state index is 0.206. The van der Waals surface area contributed by atoms with Crippen molar-refractivity contribution in [3.63, 3.8) is 0 Å². The lowest BCUT2D eigenvalue weighted by molar-refractivity contribution is 0.411. The second-order valence-electron chi connectivity index (χ2n) is 3.24. The van der Waals surface area contributed by atoms with Crippen LogP contribution < -0.4 is 15.8 Å². The maximum Gasteiger partial charge on any atom is 0.133 e. The summed E-state index contributed by atoms with van der Waals surface area (Å²) in [5.41, 5.74) is 6.88. The third-order valence-electron chi connectivity index (χ3n) is 2.26. The van der Waals surface area contributed by atoms with Gasteiger partial charge in [-0.15, -0.1) is 0 Å². The summed E-state index contributed by atoms with van der Waals surface area (Å²) >= 11 is 3.46. The van der Waals surface area contributed by atoms with E-state index in [4.69, 9.17) is 10.5 Å². The zero-order valence-corrected chi connectivity index (χ0v) is 10.7. The molecule has 0 bridgehead atoms. The Labute approximate surface area is 99.1 Å². The number of likely N-dealkylation sites (N-methyl/N-ethyl adjacent to an activating group) is 1. The van der Waals surface area contributed by atoms with Crippen molar-refractivity contribution in [1.82, 2.24) is 5.32 Å². The van der Waals surface area contributed by atoms with Gasteiger partial charge < -0.3 is 15.8 Å². The topological polar surface area (TPSA) is 47.3 Å². The molecule has 0 aliphatic rings. The number of methoxy groups -OCH3 is 1. The first-order chi connectivity index (χ1) is 7.22. The van der Waals surface area contributed by atoms with Gasteiger partial charge in [0.25, 0.3) is 0 Å². The molecule has 0 spiro atoms. The van der Waals surface area contributed by atoms with Gasteiger partial charge in [0.1, 0.15) is 5.75 Å². The SMILES string of the molecule is CCNC(CN)c1ccc(OC)c(Br)c1. The molecule has 0 saturated heterocycles. The Morgan fingerprint density at radius 3 is 2.73 bits per heavy atom.